The van der Waals surface area contributed by atoms with Gasteiger partial charge in [-0.15, -0.1) is 0 Å². The number of aryl methyl sites for hydroxylation is 3. The fourth-order valence-electron chi connectivity index (χ4n) is 2.82. The fraction of sp³-hybridized carbons (Fsp3) is 0.316. The number of halogens is 1. The molecule has 0 saturated heterocycles. The average Bonchev–Trinajstić information content (AvgIpc) is 2.92. The van der Waals surface area contributed by atoms with Crippen LogP contribution in [-0.2, 0) is 13.0 Å². The third kappa shape index (κ3) is 3.58. The maximum atomic E-state index is 4.73. The van der Waals surface area contributed by atoms with Crippen molar-refractivity contribution < 1.29 is 0 Å². The molecule has 1 aromatic heterocycles. The molecule has 3 rings (SSSR count). The van der Waals surface area contributed by atoms with Gasteiger partial charge in [0.25, 0.3) is 0 Å². The van der Waals surface area contributed by atoms with Crippen LogP contribution in [0.4, 0.5) is 5.69 Å². The van der Waals surface area contributed by atoms with Gasteiger partial charge in [0.15, 0.2) is 0 Å². The largest absolute Gasteiger partial charge is 0.385 e. The minimum atomic E-state index is 0.950. The molecule has 0 bridgehead atoms. The molecule has 0 aliphatic carbocycles. The SMILES string of the molecule is CCc1nc2ccccc2n1CCCNc1ccc(C)c(Br)c1. The molecule has 0 fully saturated rings. The topological polar surface area (TPSA) is 29.9 Å². The Hall–Kier alpha value is -1.81. The molecular weight excluding hydrogens is 350 g/mol. The highest BCUT2D eigenvalue weighted by atomic mass is 79.9. The number of fused-ring (bicyclic) bond motifs is 1. The van der Waals surface area contributed by atoms with Crippen molar-refractivity contribution in [2.75, 3.05) is 11.9 Å². The molecule has 0 unspecified atom stereocenters. The predicted octanol–water partition coefficient (Wildman–Crippen LogP) is 5.17. The van der Waals surface area contributed by atoms with Gasteiger partial charge in [-0.05, 0) is 43.2 Å². The summed E-state index contributed by atoms with van der Waals surface area (Å²) in [5.74, 6) is 1.17. The number of aromatic nitrogens is 2. The van der Waals surface area contributed by atoms with E-state index in [4.69, 9.17) is 4.98 Å². The number of benzene rings is 2. The smallest absolute Gasteiger partial charge is 0.109 e. The zero-order valence-corrected chi connectivity index (χ0v) is 15.2. The molecule has 0 aliphatic heterocycles. The van der Waals surface area contributed by atoms with E-state index in [1.165, 1.54) is 16.9 Å². The van der Waals surface area contributed by atoms with Crippen LogP contribution in [0, 0.1) is 6.92 Å². The second-order valence-corrected chi connectivity index (χ2v) is 6.62. The molecule has 0 aliphatic rings. The number of para-hydroxylation sites is 2. The Bertz CT molecular complexity index is 807. The Morgan fingerprint density at radius 3 is 2.78 bits per heavy atom. The van der Waals surface area contributed by atoms with Gasteiger partial charge < -0.3 is 9.88 Å². The molecule has 120 valence electrons. The third-order valence-corrected chi connectivity index (χ3v) is 4.96. The summed E-state index contributed by atoms with van der Waals surface area (Å²) < 4.78 is 3.50. The molecule has 1 N–H and O–H groups in total. The quantitative estimate of drug-likeness (QED) is 0.605. The van der Waals surface area contributed by atoms with Crippen molar-refractivity contribution >= 4 is 32.7 Å². The number of nitrogens with one attached hydrogen (secondary N) is 1. The molecular formula is C19H22BrN3. The van der Waals surface area contributed by atoms with Crippen LogP contribution in [0.5, 0.6) is 0 Å². The standard InChI is InChI=1S/C19H22BrN3/c1-3-19-22-17-7-4-5-8-18(17)23(19)12-6-11-21-15-10-9-14(2)16(20)13-15/h4-5,7-10,13,21H,3,6,11-12H2,1-2H3. The summed E-state index contributed by atoms with van der Waals surface area (Å²) in [6, 6.07) is 14.8. The molecule has 23 heavy (non-hydrogen) atoms. The van der Waals surface area contributed by atoms with Crippen LogP contribution in [0.2, 0.25) is 0 Å². The van der Waals surface area contributed by atoms with Crippen LogP contribution >= 0.6 is 15.9 Å². The van der Waals surface area contributed by atoms with Gasteiger partial charge in [-0.1, -0.05) is 41.1 Å². The van der Waals surface area contributed by atoms with E-state index < -0.39 is 0 Å². The van der Waals surface area contributed by atoms with Gasteiger partial charge in [0.05, 0.1) is 11.0 Å². The minimum Gasteiger partial charge on any atom is -0.385 e. The lowest BCUT2D eigenvalue weighted by molar-refractivity contribution is 0.645. The van der Waals surface area contributed by atoms with E-state index in [0.717, 1.165) is 41.6 Å². The number of rotatable bonds is 6. The lowest BCUT2D eigenvalue weighted by Crippen LogP contribution is -2.09. The van der Waals surface area contributed by atoms with E-state index in [9.17, 15) is 0 Å². The van der Waals surface area contributed by atoms with E-state index in [0.29, 0.717) is 0 Å². The van der Waals surface area contributed by atoms with Crippen molar-refractivity contribution in [2.24, 2.45) is 0 Å². The van der Waals surface area contributed by atoms with Crippen LogP contribution < -0.4 is 5.32 Å². The van der Waals surface area contributed by atoms with Crippen molar-refractivity contribution in [1.29, 1.82) is 0 Å². The summed E-state index contributed by atoms with van der Waals surface area (Å²) in [5, 5.41) is 3.50. The fourth-order valence-corrected chi connectivity index (χ4v) is 3.20. The highest BCUT2D eigenvalue weighted by Gasteiger charge is 2.08. The first-order valence-electron chi connectivity index (χ1n) is 8.13. The zero-order chi connectivity index (χ0) is 16.2. The Balaban J connectivity index is 1.63. The molecule has 0 amide bonds. The van der Waals surface area contributed by atoms with E-state index >= 15 is 0 Å². The van der Waals surface area contributed by atoms with Crippen molar-refractivity contribution in [3.63, 3.8) is 0 Å². The number of imidazole rings is 1. The molecule has 0 saturated carbocycles. The lowest BCUT2D eigenvalue weighted by atomic mass is 10.2. The third-order valence-electron chi connectivity index (χ3n) is 4.11. The summed E-state index contributed by atoms with van der Waals surface area (Å²) in [4.78, 5) is 4.73. The molecule has 1 heterocycles. The normalized spacial score (nSPS) is 11.1. The number of nitrogens with zero attached hydrogens (tertiary/aromatic N) is 2. The van der Waals surface area contributed by atoms with Crippen LogP contribution in [-0.4, -0.2) is 16.1 Å². The molecule has 2 aromatic carbocycles. The van der Waals surface area contributed by atoms with Crippen molar-refractivity contribution in [3.8, 4) is 0 Å². The van der Waals surface area contributed by atoms with Crippen LogP contribution in [0.25, 0.3) is 11.0 Å². The maximum absolute atomic E-state index is 4.73. The van der Waals surface area contributed by atoms with Crippen molar-refractivity contribution in [1.82, 2.24) is 9.55 Å². The van der Waals surface area contributed by atoms with E-state index in [2.05, 4.69) is 82.1 Å². The predicted molar refractivity (Wildman–Crippen MR) is 101 cm³/mol. The molecule has 3 nitrogen and oxygen atoms in total. The minimum absolute atomic E-state index is 0.950. The van der Waals surface area contributed by atoms with Crippen LogP contribution in [0.3, 0.4) is 0 Å². The molecule has 0 atom stereocenters. The number of anilines is 1. The summed E-state index contributed by atoms with van der Waals surface area (Å²) in [6.07, 6.45) is 2.03. The molecule has 0 spiro atoms. The maximum Gasteiger partial charge on any atom is 0.109 e. The summed E-state index contributed by atoms with van der Waals surface area (Å²) in [7, 11) is 0. The first-order valence-corrected chi connectivity index (χ1v) is 8.92. The first kappa shape index (κ1) is 16.1. The second-order valence-electron chi connectivity index (χ2n) is 5.77. The van der Waals surface area contributed by atoms with Crippen LogP contribution in [0.15, 0.2) is 46.9 Å². The molecule has 4 heteroatoms. The lowest BCUT2D eigenvalue weighted by Gasteiger charge is -2.10. The molecule has 3 aromatic rings. The van der Waals surface area contributed by atoms with Gasteiger partial charge in [-0.2, -0.15) is 0 Å². The van der Waals surface area contributed by atoms with Gasteiger partial charge in [0.1, 0.15) is 5.82 Å². The highest BCUT2D eigenvalue weighted by molar-refractivity contribution is 9.10. The Kier molecular flexibility index (Phi) is 5.01. The molecule has 0 radical (unpaired) electrons. The average molecular weight is 372 g/mol. The zero-order valence-electron chi connectivity index (χ0n) is 13.6. The first-order chi connectivity index (χ1) is 11.2. The van der Waals surface area contributed by atoms with Crippen molar-refractivity contribution in [2.45, 2.75) is 33.2 Å². The van der Waals surface area contributed by atoms with Gasteiger partial charge in [-0.25, -0.2) is 4.98 Å². The Labute approximate surface area is 145 Å². The van der Waals surface area contributed by atoms with Crippen molar-refractivity contribution in [3.05, 3.63) is 58.3 Å². The summed E-state index contributed by atoms with van der Waals surface area (Å²) in [5.41, 5.74) is 4.75. The Morgan fingerprint density at radius 2 is 2.00 bits per heavy atom. The van der Waals surface area contributed by atoms with Gasteiger partial charge in [0.2, 0.25) is 0 Å². The van der Waals surface area contributed by atoms with Gasteiger partial charge in [-0.3, -0.25) is 0 Å². The summed E-state index contributed by atoms with van der Waals surface area (Å²) in [6.45, 7) is 6.21. The number of hydrogen-bond acceptors (Lipinski definition) is 2. The number of hydrogen-bond donors (Lipinski definition) is 1. The summed E-state index contributed by atoms with van der Waals surface area (Å²) >= 11 is 3.58. The monoisotopic (exact) mass is 371 g/mol. The van der Waals surface area contributed by atoms with E-state index in [-0.39, 0.29) is 0 Å². The van der Waals surface area contributed by atoms with Gasteiger partial charge in [0, 0.05) is 29.7 Å². The second kappa shape index (κ2) is 7.18. The van der Waals surface area contributed by atoms with E-state index in [1.807, 2.05) is 0 Å². The highest BCUT2D eigenvalue weighted by Crippen LogP contribution is 2.21. The van der Waals surface area contributed by atoms with Gasteiger partial charge >= 0.3 is 0 Å². The van der Waals surface area contributed by atoms with E-state index in [1.54, 1.807) is 0 Å². The Morgan fingerprint density at radius 1 is 1.17 bits per heavy atom. The van der Waals surface area contributed by atoms with Crippen LogP contribution in [0.1, 0.15) is 24.7 Å².